The minimum atomic E-state index is -3.46. The minimum absolute atomic E-state index is 0.0796. The van der Waals surface area contributed by atoms with Crippen LogP contribution in [0.25, 0.3) is 0 Å². The molecule has 0 aliphatic rings. The summed E-state index contributed by atoms with van der Waals surface area (Å²) in [5, 5.41) is 5.16. The SMILES string of the molecule is CCOP(=O)(CNC(=O)C(Cc1ccccc1)NC(=O)OCc1ccccc1)OCC. The van der Waals surface area contributed by atoms with Gasteiger partial charge in [0.25, 0.3) is 0 Å². The summed E-state index contributed by atoms with van der Waals surface area (Å²) in [6.07, 6.45) is -0.780. The molecule has 0 fully saturated rings. The Labute approximate surface area is 182 Å². The third-order valence-electron chi connectivity index (χ3n) is 4.20. The maximum absolute atomic E-state index is 12.8. The van der Waals surface area contributed by atoms with Gasteiger partial charge in [0.1, 0.15) is 18.9 Å². The molecule has 1 atom stereocenters. The van der Waals surface area contributed by atoms with E-state index in [4.69, 9.17) is 13.8 Å². The number of carbonyl (C=O) groups excluding carboxylic acids is 2. The molecule has 0 spiro atoms. The van der Waals surface area contributed by atoms with Crippen LogP contribution in [0.4, 0.5) is 4.79 Å². The Bertz CT molecular complexity index is 853. The normalized spacial score (nSPS) is 12.1. The molecule has 2 rings (SSSR count). The number of rotatable bonds is 12. The van der Waals surface area contributed by atoms with Gasteiger partial charge in [0.05, 0.1) is 13.2 Å². The van der Waals surface area contributed by atoms with E-state index >= 15 is 0 Å². The maximum atomic E-state index is 12.8. The quantitative estimate of drug-likeness (QED) is 0.478. The molecule has 168 valence electrons. The van der Waals surface area contributed by atoms with E-state index in [1.165, 1.54) is 0 Å². The Hall–Kier alpha value is -2.67. The van der Waals surface area contributed by atoms with E-state index in [0.717, 1.165) is 11.1 Å². The molecule has 1 unspecified atom stereocenters. The smallest absolute Gasteiger partial charge is 0.408 e. The molecule has 2 amide bonds. The first-order valence-electron chi connectivity index (χ1n) is 10.1. The number of hydrogen-bond acceptors (Lipinski definition) is 6. The Morgan fingerprint density at radius 2 is 1.45 bits per heavy atom. The highest BCUT2D eigenvalue weighted by atomic mass is 31.2. The first-order chi connectivity index (χ1) is 15.0. The summed E-state index contributed by atoms with van der Waals surface area (Å²) in [5.74, 6) is -0.514. The zero-order valence-electron chi connectivity index (χ0n) is 17.8. The molecule has 0 aliphatic carbocycles. The van der Waals surface area contributed by atoms with Crippen molar-refractivity contribution in [1.29, 1.82) is 0 Å². The summed E-state index contributed by atoms with van der Waals surface area (Å²) in [6.45, 7) is 3.83. The molecule has 0 saturated heterocycles. The van der Waals surface area contributed by atoms with Crippen molar-refractivity contribution in [2.24, 2.45) is 0 Å². The predicted octanol–water partition coefficient (Wildman–Crippen LogP) is 3.86. The second kappa shape index (κ2) is 12.9. The van der Waals surface area contributed by atoms with Gasteiger partial charge in [-0.05, 0) is 25.0 Å². The summed E-state index contributed by atoms with van der Waals surface area (Å²) < 4.78 is 28.2. The highest BCUT2D eigenvalue weighted by Gasteiger charge is 2.28. The van der Waals surface area contributed by atoms with Crippen LogP contribution < -0.4 is 10.6 Å². The van der Waals surface area contributed by atoms with Crippen LogP contribution in [-0.2, 0) is 36.2 Å². The summed E-state index contributed by atoms with van der Waals surface area (Å²) in [7, 11) is -3.46. The number of benzene rings is 2. The van der Waals surface area contributed by atoms with Gasteiger partial charge in [0.15, 0.2) is 0 Å². The van der Waals surface area contributed by atoms with E-state index in [1.807, 2.05) is 60.7 Å². The van der Waals surface area contributed by atoms with Gasteiger partial charge in [-0.25, -0.2) is 4.79 Å². The summed E-state index contributed by atoms with van der Waals surface area (Å²) in [4.78, 5) is 25.1. The summed E-state index contributed by atoms with van der Waals surface area (Å²) >= 11 is 0. The summed E-state index contributed by atoms with van der Waals surface area (Å²) in [5.41, 5.74) is 1.68. The monoisotopic (exact) mass is 448 g/mol. The molecule has 0 heterocycles. The van der Waals surface area contributed by atoms with Crippen molar-refractivity contribution < 1.29 is 27.9 Å². The number of hydrogen-bond donors (Lipinski definition) is 2. The number of nitrogens with one attached hydrogen (secondary N) is 2. The van der Waals surface area contributed by atoms with Gasteiger partial charge < -0.3 is 24.4 Å². The molecule has 0 aliphatic heterocycles. The van der Waals surface area contributed by atoms with E-state index in [9.17, 15) is 14.2 Å². The average molecular weight is 448 g/mol. The van der Waals surface area contributed by atoms with Crippen LogP contribution in [0.5, 0.6) is 0 Å². The first kappa shape index (κ1) is 24.6. The van der Waals surface area contributed by atoms with Crippen LogP contribution in [0.3, 0.4) is 0 Å². The predicted molar refractivity (Wildman–Crippen MR) is 118 cm³/mol. The molecule has 2 N–H and O–H groups in total. The van der Waals surface area contributed by atoms with Gasteiger partial charge in [-0.2, -0.15) is 0 Å². The van der Waals surface area contributed by atoms with Crippen molar-refractivity contribution in [3.63, 3.8) is 0 Å². The lowest BCUT2D eigenvalue weighted by Gasteiger charge is -2.21. The molecule has 8 nitrogen and oxygen atoms in total. The van der Waals surface area contributed by atoms with Crippen LogP contribution in [0.2, 0.25) is 0 Å². The fraction of sp³-hybridized carbons (Fsp3) is 0.364. The lowest BCUT2D eigenvalue weighted by Crippen LogP contribution is -2.48. The van der Waals surface area contributed by atoms with Crippen LogP contribution in [0, 0.1) is 0 Å². The van der Waals surface area contributed by atoms with E-state index in [2.05, 4.69) is 10.6 Å². The Balaban J connectivity index is 2.02. The number of amides is 2. The van der Waals surface area contributed by atoms with Crippen molar-refractivity contribution in [3.8, 4) is 0 Å². The molecular formula is C22H29N2O6P. The molecule has 0 aromatic heterocycles. The number of ether oxygens (including phenoxy) is 1. The molecule has 9 heteroatoms. The standard InChI is InChI=1S/C22H29N2O6P/c1-3-29-31(27,30-4-2)17-23-21(25)20(15-18-11-7-5-8-12-18)24-22(26)28-16-19-13-9-6-10-14-19/h5-14,20H,3-4,15-17H2,1-2H3,(H,23,25)(H,24,26). The Morgan fingerprint density at radius 3 is 2.00 bits per heavy atom. The molecule has 2 aromatic rings. The lowest BCUT2D eigenvalue weighted by atomic mass is 10.1. The second-order valence-electron chi connectivity index (χ2n) is 6.59. The van der Waals surface area contributed by atoms with Crippen molar-refractivity contribution in [2.75, 3.05) is 19.5 Å². The zero-order chi connectivity index (χ0) is 22.5. The van der Waals surface area contributed by atoms with Crippen LogP contribution in [-0.4, -0.2) is 37.5 Å². The minimum Gasteiger partial charge on any atom is -0.445 e. The van der Waals surface area contributed by atoms with Gasteiger partial charge in [-0.1, -0.05) is 60.7 Å². The Kier molecular flexibility index (Phi) is 10.2. The average Bonchev–Trinajstić information content (AvgIpc) is 2.77. The van der Waals surface area contributed by atoms with Crippen LogP contribution in [0.15, 0.2) is 60.7 Å². The van der Waals surface area contributed by atoms with Crippen molar-refractivity contribution in [1.82, 2.24) is 10.6 Å². The van der Waals surface area contributed by atoms with Crippen molar-refractivity contribution >= 4 is 19.6 Å². The van der Waals surface area contributed by atoms with E-state index in [0.29, 0.717) is 0 Å². The highest BCUT2D eigenvalue weighted by molar-refractivity contribution is 7.53. The molecule has 0 saturated carbocycles. The maximum Gasteiger partial charge on any atom is 0.408 e. The van der Waals surface area contributed by atoms with Crippen LogP contribution in [0.1, 0.15) is 25.0 Å². The number of carbonyl (C=O) groups is 2. The fourth-order valence-corrected chi connectivity index (χ4v) is 4.18. The zero-order valence-corrected chi connectivity index (χ0v) is 18.7. The third kappa shape index (κ3) is 8.92. The van der Waals surface area contributed by atoms with Gasteiger partial charge >= 0.3 is 13.7 Å². The highest BCUT2D eigenvalue weighted by Crippen LogP contribution is 2.46. The van der Waals surface area contributed by atoms with Gasteiger partial charge in [-0.15, -0.1) is 0 Å². The summed E-state index contributed by atoms with van der Waals surface area (Å²) in [6, 6.07) is 17.5. The molecule has 31 heavy (non-hydrogen) atoms. The van der Waals surface area contributed by atoms with Gasteiger partial charge in [0.2, 0.25) is 5.91 Å². The third-order valence-corrected chi connectivity index (χ3v) is 6.05. The topological polar surface area (TPSA) is 103 Å². The van der Waals surface area contributed by atoms with Crippen molar-refractivity contribution in [2.45, 2.75) is 32.9 Å². The molecule has 0 radical (unpaired) electrons. The van der Waals surface area contributed by atoms with Gasteiger partial charge in [0, 0.05) is 6.42 Å². The van der Waals surface area contributed by atoms with E-state index < -0.39 is 25.6 Å². The van der Waals surface area contributed by atoms with Crippen LogP contribution >= 0.6 is 7.60 Å². The first-order valence-corrected chi connectivity index (χ1v) is 11.9. The number of alkyl carbamates (subject to hydrolysis) is 1. The largest absolute Gasteiger partial charge is 0.445 e. The van der Waals surface area contributed by atoms with E-state index in [-0.39, 0.29) is 32.5 Å². The molecule has 0 bridgehead atoms. The van der Waals surface area contributed by atoms with E-state index in [1.54, 1.807) is 13.8 Å². The fourth-order valence-electron chi connectivity index (χ4n) is 2.79. The van der Waals surface area contributed by atoms with Crippen molar-refractivity contribution in [3.05, 3.63) is 71.8 Å². The lowest BCUT2D eigenvalue weighted by molar-refractivity contribution is -0.122. The Morgan fingerprint density at radius 1 is 0.903 bits per heavy atom. The second-order valence-corrected chi connectivity index (χ2v) is 8.65. The molecular weight excluding hydrogens is 419 g/mol. The molecule has 2 aromatic carbocycles. The van der Waals surface area contributed by atoms with Gasteiger partial charge in [-0.3, -0.25) is 9.36 Å².